The van der Waals surface area contributed by atoms with Gasteiger partial charge in [0.1, 0.15) is 35.5 Å². The van der Waals surface area contributed by atoms with Crippen LogP contribution in [-0.4, -0.2) is 84.7 Å². The number of aliphatic hydroxyl groups excluding tert-OH is 1. The van der Waals surface area contributed by atoms with E-state index in [1.807, 2.05) is 54.6 Å². The third kappa shape index (κ3) is 9.97. The number of aromatic amines is 1. The van der Waals surface area contributed by atoms with Gasteiger partial charge in [-0.05, 0) is 110 Å². The number of aromatic hydroxyl groups is 1. The summed E-state index contributed by atoms with van der Waals surface area (Å²) in [6.45, 7) is 4.19. The summed E-state index contributed by atoms with van der Waals surface area (Å²) in [6.07, 6.45) is 2.03. The van der Waals surface area contributed by atoms with Crippen molar-refractivity contribution < 1.29 is 38.7 Å². The Morgan fingerprint density at radius 2 is 1.74 bits per heavy atom. The number of alkyl carbamates (subject to hydrolysis) is 1. The smallest absolute Gasteiger partial charge is 0.408 e. The summed E-state index contributed by atoms with van der Waals surface area (Å²) in [5, 5.41) is 27.7. The van der Waals surface area contributed by atoms with Crippen molar-refractivity contribution in [3.8, 4) is 17.2 Å². The van der Waals surface area contributed by atoms with Gasteiger partial charge < -0.3 is 44.8 Å². The van der Waals surface area contributed by atoms with E-state index in [1.54, 1.807) is 30.3 Å². The summed E-state index contributed by atoms with van der Waals surface area (Å²) in [4.78, 5) is 42.9. The molecule has 8 rings (SSSR count). The Morgan fingerprint density at radius 1 is 0.931 bits per heavy atom. The van der Waals surface area contributed by atoms with Crippen LogP contribution in [0, 0.1) is 5.92 Å². The first-order valence-electron chi connectivity index (χ1n) is 19.8. The molecule has 3 aliphatic heterocycles. The summed E-state index contributed by atoms with van der Waals surface area (Å²) in [5.74, 6) is 0.838. The highest BCUT2D eigenvalue weighted by atomic mass is 16.6. The fourth-order valence-electron chi connectivity index (χ4n) is 7.78. The highest BCUT2D eigenvalue weighted by molar-refractivity contribution is 5.92. The number of piperidine rings is 3. The number of phenols is 1. The highest BCUT2D eigenvalue weighted by Gasteiger charge is 2.37. The zero-order valence-corrected chi connectivity index (χ0v) is 32.5. The van der Waals surface area contributed by atoms with Gasteiger partial charge in [-0.25, -0.2) is 9.59 Å². The molecule has 1 amide bonds. The quantitative estimate of drug-likeness (QED) is 0.0554. The van der Waals surface area contributed by atoms with Crippen LogP contribution in [0.15, 0.2) is 102 Å². The lowest BCUT2D eigenvalue weighted by Crippen LogP contribution is -2.52. The minimum absolute atomic E-state index is 0.0610. The number of hydrogen-bond donors (Lipinski definition) is 5. The molecule has 2 bridgehead atoms. The van der Waals surface area contributed by atoms with Gasteiger partial charge >= 0.3 is 12.1 Å². The normalized spacial score (nSPS) is 18.3. The Morgan fingerprint density at radius 3 is 2.52 bits per heavy atom. The molecule has 3 saturated heterocycles. The third-order valence-corrected chi connectivity index (χ3v) is 10.9. The second-order valence-corrected chi connectivity index (χ2v) is 14.8. The van der Waals surface area contributed by atoms with Crippen molar-refractivity contribution in [2.24, 2.45) is 5.92 Å². The SMILES string of the molecule is COc1cc(COc2cccc([C@@H](NC(=O)O[C@H]3CN4CCC3CC4)c3ccccc3)c2)ccc1C(=O)OCCCCNC[C@H](O)c1ccc(O)c2[nH]c(=O)ccc12. The summed E-state index contributed by atoms with van der Waals surface area (Å²) < 4.78 is 23.2. The molecule has 13 heteroatoms. The number of ether oxygens (including phenoxy) is 4. The number of hydrogen-bond acceptors (Lipinski definition) is 11. The number of aliphatic hydroxyl groups is 1. The summed E-state index contributed by atoms with van der Waals surface area (Å²) >= 11 is 0. The molecule has 0 spiro atoms. The zero-order valence-electron chi connectivity index (χ0n) is 32.5. The van der Waals surface area contributed by atoms with Crippen molar-refractivity contribution in [2.45, 2.75) is 50.5 Å². The summed E-state index contributed by atoms with van der Waals surface area (Å²) in [5.41, 5.74) is 3.40. The first kappa shape index (κ1) is 40.3. The van der Waals surface area contributed by atoms with Gasteiger partial charge in [-0.1, -0.05) is 54.6 Å². The Balaban J connectivity index is 0.878. The Labute approximate surface area is 336 Å². The molecule has 0 saturated carbocycles. The molecule has 13 nitrogen and oxygen atoms in total. The number of unbranched alkanes of at least 4 members (excludes halogenated alkanes) is 1. The molecule has 5 N–H and O–H groups in total. The average molecular weight is 791 g/mol. The summed E-state index contributed by atoms with van der Waals surface area (Å²) in [6, 6.07) is 28.2. The molecular formula is C45H50N4O9. The Bertz CT molecular complexity index is 2240. The maximum Gasteiger partial charge on any atom is 0.408 e. The zero-order chi connectivity index (χ0) is 40.4. The second-order valence-electron chi connectivity index (χ2n) is 14.8. The van der Waals surface area contributed by atoms with Gasteiger partial charge in [-0.2, -0.15) is 0 Å². The van der Waals surface area contributed by atoms with E-state index < -0.39 is 24.2 Å². The molecule has 5 aromatic rings. The number of H-pyrrole nitrogens is 1. The number of carbonyl (C=O) groups is 2. The first-order valence-corrected chi connectivity index (χ1v) is 19.8. The van der Waals surface area contributed by atoms with Gasteiger partial charge in [0, 0.05) is 24.5 Å². The molecule has 4 heterocycles. The number of pyridine rings is 1. The molecule has 3 aliphatic rings. The van der Waals surface area contributed by atoms with Crippen LogP contribution in [0.4, 0.5) is 4.79 Å². The molecule has 58 heavy (non-hydrogen) atoms. The monoisotopic (exact) mass is 790 g/mol. The topological polar surface area (TPSA) is 172 Å². The van der Waals surface area contributed by atoms with Crippen LogP contribution in [0.5, 0.6) is 17.2 Å². The predicted octanol–water partition coefficient (Wildman–Crippen LogP) is 5.99. The van der Waals surface area contributed by atoms with Gasteiger partial charge in [-0.3, -0.25) is 9.69 Å². The van der Waals surface area contributed by atoms with Gasteiger partial charge in [0.05, 0.1) is 31.4 Å². The van der Waals surface area contributed by atoms with Crippen molar-refractivity contribution in [3.63, 3.8) is 0 Å². The van der Waals surface area contributed by atoms with Crippen LogP contribution < -0.4 is 25.7 Å². The van der Waals surface area contributed by atoms with Crippen LogP contribution in [-0.2, 0) is 16.1 Å². The number of methoxy groups -OCH3 is 1. The number of phenolic OH excluding ortho intramolecular Hbond substituents is 1. The molecule has 4 aromatic carbocycles. The fraction of sp³-hybridized carbons (Fsp3) is 0.356. The van der Waals surface area contributed by atoms with E-state index in [2.05, 4.69) is 20.5 Å². The average Bonchev–Trinajstić information content (AvgIpc) is 3.25. The number of aromatic nitrogens is 1. The van der Waals surface area contributed by atoms with Gasteiger partial charge in [0.2, 0.25) is 5.56 Å². The van der Waals surface area contributed by atoms with Crippen molar-refractivity contribution in [3.05, 3.63) is 135 Å². The van der Waals surface area contributed by atoms with E-state index in [0.717, 1.165) is 49.2 Å². The minimum Gasteiger partial charge on any atom is -0.506 e. The number of rotatable bonds is 17. The standard InChI is InChI=1S/C45H50N4O9/c1-55-39-24-29(12-13-36(39)44(53)56-23-6-5-20-46-26-38(51)34-14-16-37(50)43-35(34)15-17-41(52)47-43)28-57-33-11-7-10-32(25-33)42(31-8-3-2-4-9-31)48-45(54)58-40-27-49-21-18-30(40)19-22-49/h2-4,7-17,24-25,30,38,40,42,46,50-51H,5-6,18-23,26-28H2,1H3,(H,47,52)(H,48,54)/t38-,40-,42-/m0/s1. The van der Waals surface area contributed by atoms with Gasteiger partial charge in [0.15, 0.2) is 0 Å². The lowest BCUT2D eigenvalue weighted by atomic mass is 9.86. The van der Waals surface area contributed by atoms with Crippen LogP contribution in [0.2, 0.25) is 0 Å². The van der Waals surface area contributed by atoms with Crippen molar-refractivity contribution in [2.75, 3.05) is 46.4 Å². The van der Waals surface area contributed by atoms with E-state index in [0.29, 0.717) is 53.3 Å². The maximum absolute atomic E-state index is 13.2. The van der Waals surface area contributed by atoms with Crippen LogP contribution >= 0.6 is 0 Å². The number of carbonyl (C=O) groups excluding carboxylic acids is 2. The number of nitrogens with zero attached hydrogens (tertiary/aromatic N) is 1. The maximum atomic E-state index is 13.2. The Hall–Kier alpha value is -5.89. The van der Waals surface area contributed by atoms with Gasteiger partial charge in [-0.15, -0.1) is 0 Å². The van der Waals surface area contributed by atoms with Gasteiger partial charge in [0.25, 0.3) is 0 Å². The van der Waals surface area contributed by atoms with E-state index in [1.165, 1.54) is 19.2 Å². The predicted molar refractivity (Wildman–Crippen MR) is 218 cm³/mol. The van der Waals surface area contributed by atoms with E-state index in [-0.39, 0.29) is 42.7 Å². The van der Waals surface area contributed by atoms with Crippen molar-refractivity contribution in [1.29, 1.82) is 0 Å². The lowest BCUT2D eigenvalue weighted by molar-refractivity contribution is -0.0336. The van der Waals surface area contributed by atoms with E-state index in [9.17, 15) is 24.6 Å². The minimum atomic E-state index is -0.857. The number of nitrogens with one attached hydrogen (secondary N) is 3. The molecule has 304 valence electrons. The fourth-order valence-corrected chi connectivity index (χ4v) is 7.78. The Kier molecular flexibility index (Phi) is 13.2. The lowest BCUT2D eigenvalue weighted by Gasteiger charge is -2.43. The van der Waals surface area contributed by atoms with Crippen LogP contribution in [0.3, 0.4) is 0 Å². The number of fused-ring (bicyclic) bond motifs is 4. The van der Waals surface area contributed by atoms with E-state index >= 15 is 0 Å². The number of esters is 1. The molecule has 1 aromatic heterocycles. The second kappa shape index (κ2) is 19.0. The van der Waals surface area contributed by atoms with Crippen molar-refractivity contribution in [1.82, 2.24) is 20.5 Å². The third-order valence-electron chi connectivity index (χ3n) is 10.9. The van der Waals surface area contributed by atoms with Crippen LogP contribution in [0.1, 0.15) is 70.4 Å². The number of benzene rings is 4. The molecule has 0 aliphatic carbocycles. The van der Waals surface area contributed by atoms with Crippen LogP contribution in [0.25, 0.3) is 10.9 Å². The van der Waals surface area contributed by atoms with E-state index in [4.69, 9.17) is 18.9 Å². The summed E-state index contributed by atoms with van der Waals surface area (Å²) in [7, 11) is 1.50. The first-order chi connectivity index (χ1) is 28.2. The molecule has 3 atom stereocenters. The molecule has 0 radical (unpaired) electrons. The highest BCUT2D eigenvalue weighted by Crippen LogP contribution is 2.32. The molecular weight excluding hydrogens is 741 g/mol. The van der Waals surface area contributed by atoms with Crippen molar-refractivity contribution >= 4 is 23.0 Å². The molecule has 3 fully saturated rings. The largest absolute Gasteiger partial charge is 0.506 e. The number of amides is 1. The molecule has 0 unspecified atom stereocenters.